The van der Waals surface area contributed by atoms with Crippen LogP contribution in [0, 0.1) is 0 Å². The molecule has 8 aromatic carbocycles. The maximum Gasteiger partial charge on any atom is 0.135 e. The lowest BCUT2D eigenvalue weighted by molar-refractivity contribution is 0.669. The van der Waals surface area contributed by atoms with Gasteiger partial charge in [0, 0.05) is 60.6 Å². The molecule has 0 aliphatic heterocycles. The van der Waals surface area contributed by atoms with Crippen molar-refractivity contribution < 1.29 is 4.42 Å². The highest BCUT2D eigenvalue weighted by molar-refractivity contribution is 6.24. The van der Waals surface area contributed by atoms with Gasteiger partial charge in [-0.15, -0.1) is 0 Å². The van der Waals surface area contributed by atoms with Crippen molar-refractivity contribution in [1.82, 2.24) is 9.13 Å². The van der Waals surface area contributed by atoms with Crippen molar-refractivity contribution in [3.63, 3.8) is 0 Å². The van der Waals surface area contributed by atoms with Gasteiger partial charge in [-0.25, -0.2) is 0 Å². The quantitative estimate of drug-likeness (QED) is 0.199. The summed E-state index contributed by atoms with van der Waals surface area (Å²) in [5, 5.41) is 10.8. The second kappa shape index (κ2) is 11.2. The van der Waals surface area contributed by atoms with Crippen molar-refractivity contribution >= 4 is 76.9 Å². The first-order chi connectivity index (χ1) is 25.8. The number of aromatic nitrogens is 2. The van der Waals surface area contributed by atoms with Gasteiger partial charge in [0.05, 0.1) is 22.1 Å². The molecular formula is C48H31N3O. The van der Waals surface area contributed by atoms with E-state index in [4.69, 9.17) is 4.42 Å². The van der Waals surface area contributed by atoms with Gasteiger partial charge < -0.3 is 18.9 Å². The molecule has 11 rings (SSSR count). The number of fused-ring (bicyclic) bond motifs is 10. The van der Waals surface area contributed by atoms with Crippen LogP contribution in [0.3, 0.4) is 0 Å². The number of rotatable bonds is 5. The van der Waals surface area contributed by atoms with Crippen molar-refractivity contribution in [2.45, 2.75) is 0 Å². The van der Waals surface area contributed by atoms with E-state index < -0.39 is 0 Å². The van der Waals surface area contributed by atoms with E-state index in [9.17, 15) is 0 Å². The number of hydrogen-bond donors (Lipinski definition) is 1. The molecule has 0 aliphatic rings. The zero-order chi connectivity index (χ0) is 34.2. The normalized spacial score (nSPS) is 11.8. The molecule has 1 N–H and O–H groups in total. The molecule has 0 atom stereocenters. The van der Waals surface area contributed by atoms with E-state index in [0.717, 1.165) is 44.7 Å². The summed E-state index contributed by atoms with van der Waals surface area (Å²) in [7, 11) is 0. The Morgan fingerprint density at radius 3 is 1.67 bits per heavy atom. The second-order valence-electron chi connectivity index (χ2n) is 13.4. The fourth-order valence-corrected chi connectivity index (χ4v) is 8.20. The molecule has 0 unspecified atom stereocenters. The van der Waals surface area contributed by atoms with E-state index >= 15 is 0 Å². The van der Waals surface area contributed by atoms with E-state index in [1.54, 1.807) is 0 Å². The van der Waals surface area contributed by atoms with Crippen molar-refractivity contribution in [1.29, 1.82) is 0 Å². The molecule has 0 saturated heterocycles. The molecule has 0 radical (unpaired) electrons. The first-order valence-corrected chi connectivity index (χ1v) is 17.7. The maximum atomic E-state index is 6.24. The number of para-hydroxylation sites is 4. The SMILES string of the molecule is c1ccc(-c2ccccc2Nc2ccc(-n3c4ccccc4c4ccc5c6ccccc6n(-c6ccc7oc8ccccc8c7c6)c5c43)cc2)cc1. The molecule has 3 aromatic heterocycles. The molecule has 4 heteroatoms. The van der Waals surface area contributed by atoms with E-state index in [1.165, 1.54) is 54.7 Å². The van der Waals surface area contributed by atoms with Crippen LogP contribution in [-0.2, 0) is 0 Å². The van der Waals surface area contributed by atoms with Gasteiger partial charge in [-0.05, 0) is 72.3 Å². The Balaban J connectivity index is 1.14. The average molecular weight is 666 g/mol. The number of nitrogens with one attached hydrogen (secondary N) is 1. The number of hydrogen-bond acceptors (Lipinski definition) is 2. The van der Waals surface area contributed by atoms with Gasteiger partial charge in [0.2, 0.25) is 0 Å². The molecule has 244 valence electrons. The van der Waals surface area contributed by atoms with Gasteiger partial charge in [0.25, 0.3) is 0 Å². The van der Waals surface area contributed by atoms with Crippen LogP contribution >= 0.6 is 0 Å². The molecule has 4 nitrogen and oxygen atoms in total. The minimum absolute atomic E-state index is 0.894. The lowest BCUT2D eigenvalue weighted by Gasteiger charge is -2.15. The van der Waals surface area contributed by atoms with Gasteiger partial charge in [0.1, 0.15) is 11.2 Å². The second-order valence-corrected chi connectivity index (χ2v) is 13.4. The molecule has 0 spiro atoms. The number of anilines is 2. The largest absolute Gasteiger partial charge is 0.456 e. The van der Waals surface area contributed by atoms with Gasteiger partial charge in [0.15, 0.2) is 0 Å². The first kappa shape index (κ1) is 28.8. The van der Waals surface area contributed by atoms with Gasteiger partial charge >= 0.3 is 0 Å². The molecular weight excluding hydrogens is 635 g/mol. The zero-order valence-electron chi connectivity index (χ0n) is 28.1. The summed E-state index contributed by atoms with van der Waals surface area (Å²) in [4.78, 5) is 0. The van der Waals surface area contributed by atoms with Crippen molar-refractivity contribution in [2.75, 3.05) is 5.32 Å². The van der Waals surface area contributed by atoms with Crippen LogP contribution in [0.25, 0.3) is 88.1 Å². The number of furan rings is 1. The summed E-state index contributed by atoms with van der Waals surface area (Å²) in [5.41, 5.74) is 13.2. The first-order valence-electron chi connectivity index (χ1n) is 17.7. The van der Waals surface area contributed by atoms with Gasteiger partial charge in [-0.2, -0.15) is 0 Å². The van der Waals surface area contributed by atoms with Crippen LogP contribution in [0.4, 0.5) is 11.4 Å². The Morgan fingerprint density at radius 1 is 0.385 bits per heavy atom. The third-order valence-electron chi connectivity index (χ3n) is 10.5. The third-order valence-corrected chi connectivity index (χ3v) is 10.5. The molecule has 0 bridgehead atoms. The topological polar surface area (TPSA) is 35.0 Å². The zero-order valence-corrected chi connectivity index (χ0v) is 28.1. The summed E-state index contributed by atoms with van der Waals surface area (Å²) in [6.45, 7) is 0. The minimum atomic E-state index is 0.894. The summed E-state index contributed by atoms with van der Waals surface area (Å²) in [5.74, 6) is 0. The number of nitrogens with zero attached hydrogens (tertiary/aromatic N) is 2. The predicted octanol–water partition coefficient (Wildman–Crippen LogP) is 13.2. The third kappa shape index (κ3) is 4.28. The van der Waals surface area contributed by atoms with Crippen LogP contribution in [0.5, 0.6) is 0 Å². The monoisotopic (exact) mass is 665 g/mol. The molecule has 52 heavy (non-hydrogen) atoms. The van der Waals surface area contributed by atoms with E-state index in [1.807, 2.05) is 12.1 Å². The Labute approximate surface area is 299 Å². The van der Waals surface area contributed by atoms with Crippen LogP contribution in [0.15, 0.2) is 186 Å². The van der Waals surface area contributed by atoms with Crippen LogP contribution in [0.1, 0.15) is 0 Å². The van der Waals surface area contributed by atoms with Gasteiger partial charge in [-0.3, -0.25) is 0 Å². The molecule has 0 aliphatic carbocycles. The average Bonchev–Trinajstić information content (AvgIpc) is 3.86. The van der Waals surface area contributed by atoms with Crippen LogP contribution in [-0.4, -0.2) is 9.13 Å². The molecule has 3 heterocycles. The maximum absolute atomic E-state index is 6.24. The molecule has 11 aromatic rings. The summed E-state index contributed by atoms with van der Waals surface area (Å²) in [6.07, 6.45) is 0. The predicted molar refractivity (Wildman–Crippen MR) is 218 cm³/mol. The van der Waals surface area contributed by atoms with Crippen molar-refractivity contribution in [3.8, 4) is 22.5 Å². The fourth-order valence-electron chi connectivity index (χ4n) is 8.20. The highest BCUT2D eigenvalue weighted by Crippen LogP contribution is 2.42. The van der Waals surface area contributed by atoms with E-state index in [-0.39, 0.29) is 0 Å². The Bertz CT molecular complexity index is 3140. The molecule has 0 fully saturated rings. The number of benzene rings is 8. The standard InChI is InChI=1S/C48H31N3O/c1-2-12-31(13-3-1)35-14-4-8-18-42(35)49-32-22-24-33(25-23-32)50-43-19-9-5-15-36(43)39-27-28-40-37-16-6-10-20-44(37)51(48(40)47(39)50)34-26-29-46-41(30-34)38-17-7-11-21-45(38)52-46/h1-30,49H. The summed E-state index contributed by atoms with van der Waals surface area (Å²) >= 11 is 0. The van der Waals surface area contributed by atoms with Crippen LogP contribution < -0.4 is 5.32 Å². The highest BCUT2D eigenvalue weighted by Gasteiger charge is 2.21. The van der Waals surface area contributed by atoms with Crippen molar-refractivity contribution in [2.24, 2.45) is 0 Å². The lowest BCUT2D eigenvalue weighted by Crippen LogP contribution is -1.99. The van der Waals surface area contributed by atoms with Crippen molar-refractivity contribution in [3.05, 3.63) is 182 Å². The van der Waals surface area contributed by atoms with E-state index in [2.05, 4.69) is 184 Å². The Morgan fingerprint density at radius 2 is 0.942 bits per heavy atom. The molecule has 0 amide bonds. The Hall–Kier alpha value is -7.04. The Kier molecular flexibility index (Phi) is 6.22. The highest BCUT2D eigenvalue weighted by atomic mass is 16.3. The van der Waals surface area contributed by atoms with E-state index in [0.29, 0.717) is 0 Å². The minimum Gasteiger partial charge on any atom is -0.456 e. The summed E-state index contributed by atoms with van der Waals surface area (Å²) < 4.78 is 11.1. The molecule has 0 saturated carbocycles. The lowest BCUT2D eigenvalue weighted by atomic mass is 10.0. The van der Waals surface area contributed by atoms with Gasteiger partial charge in [-0.1, -0.05) is 115 Å². The fraction of sp³-hybridized carbons (Fsp3) is 0. The summed E-state index contributed by atoms with van der Waals surface area (Å²) in [6, 6.07) is 64.8. The smallest absolute Gasteiger partial charge is 0.135 e. The van der Waals surface area contributed by atoms with Crippen LogP contribution in [0.2, 0.25) is 0 Å².